The molecular formula is C33H18N8Ti. The minimum absolute atomic E-state index is 0. The summed E-state index contributed by atoms with van der Waals surface area (Å²) < 4.78 is 0. The third-order valence-corrected chi connectivity index (χ3v) is 7.76. The Morgan fingerprint density at radius 1 is 0.429 bits per heavy atom. The van der Waals surface area contributed by atoms with E-state index in [4.69, 9.17) is 34.9 Å². The van der Waals surface area contributed by atoms with Crippen LogP contribution in [0.15, 0.2) is 127 Å². The summed E-state index contributed by atoms with van der Waals surface area (Å²) in [4.78, 5) is 34.6. The Morgan fingerprint density at radius 3 is 1.17 bits per heavy atom. The maximum Gasteiger partial charge on any atom is 2.00 e. The Labute approximate surface area is 255 Å². The molecule has 8 bridgehead atoms. The van der Waals surface area contributed by atoms with Crippen LogP contribution in [0.25, 0.3) is 16.5 Å². The average Bonchev–Trinajstić information content (AvgIpc) is 3.72. The van der Waals surface area contributed by atoms with Crippen molar-refractivity contribution in [3.05, 3.63) is 136 Å². The van der Waals surface area contributed by atoms with E-state index < -0.39 is 6.04 Å². The Balaban J connectivity index is 0.00000267. The first kappa shape index (κ1) is 24.9. The molecule has 1 aliphatic carbocycles. The Morgan fingerprint density at radius 2 is 0.762 bits per heavy atom. The van der Waals surface area contributed by atoms with Crippen LogP contribution in [0.3, 0.4) is 0 Å². The van der Waals surface area contributed by atoms with Crippen molar-refractivity contribution in [2.75, 3.05) is 0 Å². The number of rotatable bonds is 0. The molecule has 4 aromatic carbocycles. The second-order valence-electron chi connectivity index (χ2n) is 10.1. The number of nitrogens with zero attached hydrogens (tertiary/aromatic N) is 7. The second kappa shape index (κ2) is 9.32. The van der Waals surface area contributed by atoms with Crippen molar-refractivity contribution in [2.45, 2.75) is 6.04 Å². The summed E-state index contributed by atoms with van der Waals surface area (Å²) in [5.41, 5.74) is 15.7. The largest absolute Gasteiger partial charge is 2.00 e. The van der Waals surface area contributed by atoms with Gasteiger partial charge in [-0.3, -0.25) is 0 Å². The van der Waals surface area contributed by atoms with E-state index >= 15 is 0 Å². The van der Waals surface area contributed by atoms with Gasteiger partial charge in [0.25, 0.3) is 0 Å². The fourth-order valence-electron chi connectivity index (χ4n) is 5.84. The molecule has 3 aliphatic heterocycles. The van der Waals surface area contributed by atoms with Gasteiger partial charge in [0.2, 0.25) is 0 Å². The standard InChI is InChI=1S/C33H18N8.Ti/c34-25-26-17-9-1-2-10-18(17)27(25)36-29-20-12-4-6-14-22(20)31(38-29)40-33-24-16-8-7-15-23(24)32(41-33)39-30-21-13-5-3-11-19(21)28(35-26)37-30;/h1-16,25,34H;/q-2;+2. The van der Waals surface area contributed by atoms with Gasteiger partial charge in [0.05, 0.1) is 11.7 Å². The Hall–Kier alpha value is -4.89. The molecular weight excluding hydrogens is 556 g/mol. The van der Waals surface area contributed by atoms with Gasteiger partial charge in [-0.15, -0.1) is 0 Å². The van der Waals surface area contributed by atoms with Crippen LogP contribution in [-0.2, 0) is 21.7 Å². The van der Waals surface area contributed by atoms with Crippen LogP contribution in [0.1, 0.15) is 33.4 Å². The van der Waals surface area contributed by atoms with Gasteiger partial charge in [-0.05, 0) is 16.8 Å². The SMILES string of the molecule is [NH-]C1C2=NC3=NC(=Nc4[n-]c(c5ccccc45)N=C4N=C(N=C1c1ccccc12)c1ccccc14)c1ccccc13.[Ti+2]. The van der Waals surface area contributed by atoms with Crippen LogP contribution in [0, 0.1) is 0 Å². The first-order chi connectivity index (χ1) is 20.2. The molecule has 8 nitrogen and oxygen atoms in total. The number of aromatic nitrogens is 1. The van der Waals surface area contributed by atoms with E-state index in [0.29, 0.717) is 46.4 Å². The molecule has 4 heterocycles. The Bertz CT molecular complexity index is 2030. The van der Waals surface area contributed by atoms with Crippen molar-refractivity contribution in [1.82, 2.24) is 4.98 Å². The molecule has 0 unspecified atom stereocenters. The predicted octanol–water partition coefficient (Wildman–Crippen LogP) is 6.20. The van der Waals surface area contributed by atoms with E-state index in [1.165, 1.54) is 0 Å². The number of benzene rings is 4. The van der Waals surface area contributed by atoms with Gasteiger partial charge in [-0.1, -0.05) is 97.1 Å². The van der Waals surface area contributed by atoms with Crippen molar-refractivity contribution in [2.24, 2.45) is 30.0 Å². The fourth-order valence-corrected chi connectivity index (χ4v) is 5.84. The summed E-state index contributed by atoms with van der Waals surface area (Å²) in [6, 6.07) is 30.8. The summed E-state index contributed by atoms with van der Waals surface area (Å²) in [5.74, 6) is 3.18. The zero-order valence-electron chi connectivity index (χ0n) is 21.9. The van der Waals surface area contributed by atoms with E-state index in [1.54, 1.807) is 0 Å². The van der Waals surface area contributed by atoms with Crippen LogP contribution >= 0.6 is 0 Å². The predicted molar refractivity (Wildman–Crippen MR) is 163 cm³/mol. The molecule has 42 heavy (non-hydrogen) atoms. The van der Waals surface area contributed by atoms with Crippen molar-refractivity contribution in [3.63, 3.8) is 0 Å². The monoisotopic (exact) mass is 574 g/mol. The van der Waals surface area contributed by atoms with E-state index in [1.807, 2.05) is 97.1 Å². The van der Waals surface area contributed by atoms with Crippen molar-refractivity contribution < 1.29 is 21.7 Å². The zero-order valence-corrected chi connectivity index (χ0v) is 23.5. The quantitative estimate of drug-likeness (QED) is 0.202. The maximum absolute atomic E-state index is 9.27. The second-order valence-corrected chi connectivity index (χ2v) is 10.1. The topological polar surface area (TPSA) is 112 Å². The molecule has 4 aliphatic rings. The van der Waals surface area contributed by atoms with Gasteiger partial charge in [0, 0.05) is 56.4 Å². The molecule has 5 aromatic rings. The van der Waals surface area contributed by atoms with Gasteiger partial charge < -0.3 is 20.7 Å². The number of fused-ring (bicyclic) bond motifs is 18. The number of amidine groups is 4. The van der Waals surface area contributed by atoms with Gasteiger partial charge >= 0.3 is 21.7 Å². The molecule has 0 saturated carbocycles. The van der Waals surface area contributed by atoms with Gasteiger partial charge in [0.1, 0.15) is 0 Å². The van der Waals surface area contributed by atoms with Crippen LogP contribution in [-0.4, -0.2) is 40.8 Å². The molecule has 0 radical (unpaired) electrons. The third-order valence-electron chi connectivity index (χ3n) is 7.76. The number of hydrogen-bond acceptors (Lipinski definition) is 6. The zero-order chi connectivity index (χ0) is 27.1. The minimum atomic E-state index is -0.814. The molecule has 194 valence electrons. The van der Waals surface area contributed by atoms with Crippen LogP contribution in [0.4, 0.5) is 11.6 Å². The molecule has 0 spiro atoms. The number of nitrogens with one attached hydrogen (secondary N) is 1. The number of hydrogen-bond donors (Lipinski definition) is 0. The third kappa shape index (κ3) is 3.56. The van der Waals surface area contributed by atoms with E-state index in [-0.39, 0.29) is 21.7 Å². The van der Waals surface area contributed by atoms with Gasteiger partial charge in [-0.2, -0.15) is 0 Å². The molecule has 0 atom stereocenters. The summed E-state index contributed by atoms with van der Waals surface area (Å²) >= 11 is 0. The van der Waals surface area contributed by atoms with Crippen molar-refractivity contribution >= 4 is 57.2 Å². The maximum atomic E-state index is 9.27. The minimum Gasteiger partial charge on any atom is -0.664 e. The number of aliphatic imine (C=N–C) groups is 6. The molecule has 1 aromatic heterocycles. The normalized spacial score (nSPS) is 17.6. The average molecular weight is 574 g/mol. The smallest absolute Gasteiger partial charge is 0.664 e. The van der Waals surface area contributed by atoms with Gasteiger partial charge in [-0.25, -0.2) is 20.0 Å². The summed E-state index contributed by atoms with van der Waals surface area (Å²) in [6.45, 7) is 0. The molecule has 9 heteroatoms. The summed E-state index contributed by atoms with van der Waals surface area (Å²) in [5, 5.41) is 1.76. The Kier molecular flexibility index (Phi) is 5.52. The van der Waals surface area contributed by atoms with Gasteiger partial charge in [0.15, 0.2) is 11.7 Å². The first-order valence-electron chi connectivity index (χ1n) is 13.3. The van der Waals surface area contributed by atoms with Crippen molar-refractivity contribution in [1.29, 1.82) is 0 Å². The summed E-state index contributed by atoms with van der Waals surface area (Å²) in [7, 11) is 0. The van der Waals surface area contributed by atoms with E-state index in [2.05, 4.69) is 0 Å². The van der Waals surface area contributed by atoms with Crippen LogP contribution in [0.2, 0.25) is 0 Å². The molecule has 0 fully saturated rings. The molecule has 0 saturated heterocycles. The van der Waals surface area contributed by atoms with E-state index in [9.17, 15) is 5.73 Å². The van der Waals surface area contributed by atoms with E-state index in [0.717, 1.165) is 44.2 Å². The fraction of sp³-hybridized carbons (Fsp3) is 0.0303. The summed E-state index contributed by atoms with van der Waals surface area (Å²) in [6.07, 6.45) is 0. The van der Waals surface area contributed by atoms with Crippen LogP contribution in [0.5, 0.6) is 0 Å². The molecule has 0 amide bonds. The van der Waals surface area contributed by atoms with Crippen LogP contribution < -0.4 is 4.98 Å². The first-order valence-corrected chi connectivity index (χ1v) is 13.3. The molecule has 9 rings (SSSR count). The van der Waals surface area contributed by atoms with Crippen molar-refractivity contribution in [3.8, 4) is 0 Å². The molecule has 1 N–H and O–H groups in total.